The molecule has 0 aromatic carbocycles. The van der Waals surface area contributed by atoms with Crippen molar-refractivity contribution < 1.29 is 18.0 Å². The molecule has 0 aliphatic carbocycles. The number of alkyl halides is 3. The summed E-state index contributed by atoms with van der Waals surface area (Å²) < 4.78 is 36.9. The summed E-state index contributed by atoms with van der Waals surface area (Å²) in [6.07, 6.45) is -1.21. The average molecular weight is 301 g/mol. The highest BCUT2D eigenvalue weighted by atomic mass is 35.5. The van der Waals surface area contributed by atoms with Crippen molar-refractivity contribution in [3.8, 4) is 0 Å². The Bertz CT molecular complexity index is 291. The van der Waals surface area contributed by atoms with Crippen LogP contribution in [0.15, 0.2) is 12.7 Å². The van der Waals surface area contributed by atoms with Gasteiger partial charge in [0.1, 0.15) is 6.54 Å². The van der Waals surface area contributed by atoms with Crippen LogP contribution in [0.2, 0.25) is 0 Å². The lowest BCUT2D eigenvalue weighted by molar-refractivity contribution is -0.160. The fourth-order valence-electron chi connectivity index (χ4n) is 2.07. The summed E-state index contributed by atoms with van der Waals surface area (Å²) >= 11 is 0. The van der Waals surface area contributed by atoms with Crippen molar-refractivity contribution in [1.29, 1.82) is 0 Å². The first kappa shape index (κ1) is 18.2. The molecule has 19 heavy (non-hydrogen) atoms. The van der Waals surface area contributed by atoms with Crippen LogP contribution in [0.5, 0.6) is 0 Å². The van der Waals surface area contributed by atoms with Gasteiger partial charge in [-0.3, -0.25) is 4.79 Å². The summed E-state index contributed by atoms with van der Waals surface area (Å²) in [7, 11) is 0. The molecule has 0 radical (unpaired) electrons. The van der Waals surface area contributed by atoms with Crippen LogP contribution in [0.25, 0.3) is 0 Å². The van der Waals surface area contributed by atoms with E-state index < -0.39 is 18.6 Å². The van der Waals surface area contributed by atoms with E-state index in [1.54, 1.807) is 0 Å². The zero-order valence-corrected chi connectivity index (χ0v) is 11.5. The predicted octanol–water partition coefficient (Wildman–Crippen LogP) is 2.37. The molecule has 7 heteroatoms. The number of amides is 1. The van der Waals surface area contributed by atoms with Crippen LogP contribution >= 0.6 is 12.4 Å². The van der Waals surface area contributed by atoms with Gasteiger partial charge in [-0.1, -0.05) is 6.08 Å². The normalized spacial score (nSPS) is 18.8. The van der Waals surface area contributed by atoms with Gasteiger partial charge in [-0.2, -0.15) is 13.2 Å². The Kier molecular flexibility index (Phi) is 8.09. The van der Waals surface area contributed by atoms with Crippen molar-refractivity contribution in [2.45, 2.75) is 25.4 Å². The lowest BCUT2D eigenvalue weighted by Gasteiger charge is -2.23. The van der Waals surface area contributed by atoms with Gasteiger partial charge in [0.25, 0.3) is 0 Å². The van der Waals surface area contributed by atoms with Crippen molar-refractivity contribution in [3.05, 3.63) is 12.7 Å². The molecular formula is C12H20ClF3N2O. The van der Waals surface area contributed by atoms with Gasteiger partial charge in [-0.25, -0.2) is 0 Å². The van der Waals surface area contributed by atoms with Crippen LogP contribution in [0, 0.1) is 5.92 Å². The van der Waals surface area contributed by atoms with Crippen molar-refractivity contribution in [2.75, 3.05) is 26.2 Å². The maximum atomic E-state index is 12.3. The standard InChI is InChI=1S/C12H19F3N2O.ClH/c1-2-7-17(9-12(13,14)15)11(18)4-3-10-5-6-16-8-10;/h2,10,16H,1,3-9H2;1H. The number of nitrogens with zero attached hydrogens (tertiary/aromatic N) is 1. The van der Waals surface area contributed by atoms with E-state index in [0.717, 1.165) is 24.4 Å². The quantitative estimate of drug-likeness (QED) is 0.764. The summed E-state index contributed by atoms with van der Waals surface area (Å²) in [6, 6.07) is 0. The van der Waals surface area contributed by atoms with Gasteiger partial charge in [0.2, 0.25) is 5.91 Å². The fraction of sp³-hybridized carbons (Fsp3) is 0.750. The van der Waals surface area contributed by atoms with Crippen molar-refractivity contribution >= 4 is 18.3 Å². The van der Waals surface area contributed by atoms with Gasteiger partial charge in [0, 0.05) is 13.0 Å². The highest BCUT2D eigenvalue weighted by molar-refractivity contribution is 5.85. The molecule has 1 saturated heterocycles. The van der Waals surface area contributed by atoms with Crippen LogP contribution in [0.4, 0.5) is 13.2 Å². The van der Waals surface area contributed by atoms with E-state index in [2.05, 4.69) is 11.9 Å². The van der Waals surface area contributed by atoms with Gasteiger partial charge in [0.05, 0.1) is 0 Å². The molecule has 0 saturated carbocycles. The minimum Gasteiger partial charge on any atom is -0.330 e. The Morgan fingerprint density at radius 2 is 2.16 bits per heavy atom. The highest BCUT2D eigenvalue weighted by Gasteiger charge is 2.32. The average Bonchev–Trinajstić information content (AvgIpc) is 2.76. The van der Waals surface area contributed by atoms with E-state index in [-0.39, 0.29) is 25.4 Å². The number of carbonyl (C=O) groups is 1. The second kappa shape index (κ2) is 8.43. The molecular weight excluding hydrogens is 281 g/mol. The Morgan fingerprint density at radius 1 is 1.47 bits per heavy atom. The minimum absolute atomic E-state index is 0. The van der Waals surface area contributed by atoms with Crippen molar-refractivity contribution in [2.24, 2.45) is 5.92 Å². The van der Waals surface area contributed by atoms with Gasteiger partial charge >= 0.3 is 6.18 Å². The molecule has 1 aliphatic rings. The second-order valence-corrected chi connectivity index (χ2v) is 4.58. The molecule has 3 nitrogen and oxygen atoms in total. The largest absolute Gasteiger partial charge is 0.406 e. The third-order valence-corrected chi connectivity index (χ3v) is 3.00. The van der Waals surface area contributed by atoms with Gasteiger partial charge in [-0.15, -0.1) is 19.0 Å². The van der Waals surface area contributed by atoms with Gasteiger partial charge < -0.3 is 10.2 Å². The fourth-order valence-corrected chi connectivity index (χ4v) is 2.07. The van der Waals surface area contributed by atoms with E-state index in [4.69, 9.17) is 0 Å². The second-order valence-electron chi connectivity index (χ2n) is 4.58. The van der Waals surface area contributed by atoms with Crippen LogP contribution in [-0.2, 0) is 4.79 Å². The molecule has 0 aromatic rings. The third-order valence-electron chi connectivity index (χ3n) is 3.00. The number of hydrogen-bond acceptors (Lipinski definition) is 2. The van der Waals surface area contributed by atoms with Gasteiger partial charge in [-0.05, 0) is 31.8 Å². The molecule has 1 N–H and O–H groups in total. The summed E-state index contributed by atoms with van der Waals surface area (Å²) in [5.41, 5.74) is 0. The Labute approximate surface area is 117 Å². The SMILES string of the molecule is C=CCN(CC(F)(F)F)C(=O)CCC1CCNC1.Cl. The Balaban J connectivity index is 0.00000324. The smallest absolute Gasteiger partial charge is 0.330 e. The van der Waals surface area contributed by atoms with E-state index >= 15 is 0 Å². The van der Waals surface area contributed by atoms with E-state index in [9.17, 15) is 18.0 Å². The maximum Gasteiger partial charge on any atom is 0.406 e. The molecule has 1 aliphatic heterocycles. The molecule has 0 bridgehead atoms. The first-order valence-corrected chi connectivity index (χ1v) is 6.08. The van der Waals surface area contributed by atoms with Crippen LogP contribution in [0.3, 0.4) is 0 Å². The summed E-state index contributed by atoms with van der Waals surface area (Å²) in [5.74, 6) is -0.0375. The zero-order valence-electron chi connectivity index (χ0n) is 10.7. The Morgan fingerprint density at radius 3 is 2.63 bits per heavy atom. The van der Waals surface area contributed by atoms with Crippen LogP contribution in [0.1, 0.15) is 19.3 Å². The van der Waals surface area contributed by atoms with Gasteiger partial charge in [0.15, 0.2) is 0 Å². The molecule has 112 valence electrons. The van der Waals surface area contributed by atoms with Crippen molar-refractivity contribution in [1.82, 2.24) is 10.2 Å². The van der Waals surface area contributed by atoms with E-state index in [0.29, 0.717) is 12.3 Å². The maximum absolute atomic E-state index is 12.3. The molecule has 0 aromatic heterocycles. The monoisotopic (exact) mass is 300 g/mol. The summed E-state index contributed by atoms with van der Waals surface area (Å²) in [4.78, 5) is 12.5. The Hall–Kier alpha value is -0.750. The van der Waals surface area contributed by atoms with E-state index in [1.165, 1.54) is 6.08 Å². The molecule has 1 heterocycles. The first-order chi connectivity index (χ1) is 8.42. The number of rotatable bonds is 6. The lowest BCUT2D eigenvalue weighted by Crippen LogP contribution is -2.39. The lowest BCUT2D eigenvalue weighted by atomic mass is 10.0. The predicted molar refractivity (Wildman–Crippen MR) is 70.3 cm³/mol. The number of nitrogens with one attached hydrogen (secondary N) is 1. The summed E-state index contributed by atoms with van der Waals surface area (Å²) in [5, 5.41) is 3.17. The molecule has 1 atom stereocenters. The van der Waals surface area contributed by atoms with E-state index in [1.807, 2.05) is 0 Å². The molecule has 0 spiro atoms. The summed E-state index contributed by atoms with van der Waals surface area (Å²) in [6.45, 7) is 3.91. The molecule has 1 fully saturated rings. The third kappa shape index (κ3) is 7.42. The zero-order chi connectivity index (χ0) is 13.6. The molecule has 1 rings (SSSR count). The topological polar surface area (TPSA) is 32.3 Å². The molecule has 1 unspecified atom stereocenters. The number of hydrogen-bond donors (Lipinski definition) is 1. The molecule has 1 amide bonds. The van der Waals surface area contributed by atoms with Crippen molar-refractivity contribution in [3.63, 3.8) is 0 Å². The van der Waals surface area contributed by atoms with Crippen LogP contribution in [-0.4, -0.2) is 43.2 Å². The van der Waals surface area contributed by atoms with Crippen LogP contribution < -0.4 is 5.32 Å². The highest BCUT2D eigenvalue weighted by Crippen LogP contribution is 2.19. The number of carbonyl (C=O) groups excluding carboxylic acids is 1. The first-order valence-electron chi connectivity index (χ1n) is 6.08. The minimum atomic E-state index is -4.35. The number of halogens is 4.